The Kier molecular flexibility index (Phi) is 2.76. The van der Waals surface area contributed by atoms with Crippen molar-refractivity contribution in [1.29, 1.82) is 0 Å². The van der Waals surface area contributed by atoms with E-state index in [2.05, 4.69) is 9.97 Å². The molecule has 3 rings (SSSR count). The maximum atomic E-state index is 10.6. The van der Waals surface area contributed by atoms with Gasteiger partial charge < -0.3 is 4.74 Å². The molecule has 1 aromatic carbocycles. The Bertz CT molecular complexity index is 566. The summed E-state index contributed by atoms with van der Waals surface area (Å²) in [5.74, 6) is 1.80. The number of nitrogens with zero attached hydrogens (tertiary/aromatic N) is 2. The van der Waals surface area contributed by atoms with Crippen molar-refractivity contribution >= 4 is 6.29 Å². The highest BCUT2D eigenvalue weighted by Crippen LogP contribution is 2.36. The Morgan fingerprint density at radius 2 is 2.00 bits per heavy atom. The molecule has 18 heavy (non-hydrogen) atoms. The predicted octanol–water partition coefficient (Wildman–Crippen LogP) is 2.20. The van der Waals surface area contributed by atoms with Crippen LogP contribution in [0.25, 0.3) is 0 Å². The maximum absolute atomic E-state index is 10.6. The number of hydrogen-bond donors (Lipinski definition) is 0. The van der Waals surface area contributed by atoms with Crippen LogP contribution in [-0.4, -0.2) is 22.9 Å². The fourth-order valence-electron chi connectivity index (χ4n) is 2.20. The summed E-state index contributed by atoms with van der Waals surface area (Å²) in [4.78, 5) is 19.1. The highest BCUT2D eigenvalue weighted by molar-refractivity contribution is 5.73. The zero-order chi connectivity index (χ0) is 12.4. The van der Waals surface area contributed by atoms with Crippen LogP contribution < -0.4 is 4.74 Å². The normalized spacial score (nSPS) is 17.7. The number of hydrogen-bond acceptors (Lipinski definition) is 4. The largest absolute Gasteiger partial charge is 0.493 e. The third-order valence-electron chi connectivity index (χ3n) is 3.10. The summed E-state index contributed by atoms with van der Waals surface area (Å²) in [6.07, 6.45) is 4.74. The van der Waals surface area contributed by atoms with E-state index >= 15 is 0 Å². The van der Waals surface area contributed by atoms with Crippen molar-refractivity contribution < 1.29 is 9.53 Å². The first-order valence-corrected chi connectivity index (χ1v) is 5.87. The molecule has 2 aromatic rings. The molecule has 1 aromatic heterocycles. The maximum Gasteiger partial charge on any atom is 0.153 e. The third kappa shape index (κ3) is 1.86. The Morgan fingerprint density at radius 1 is 1.22 bits per heavy atom. The fourth-order valence-corrected chi connectivity index (χ4v) is 2.20. The lowest BCUT2D eigenvalue weighted by Gasteiger charge is -2.24. The van der Waals surface area contributed by atoms with Gasteiger partial charge in [-0.05, 0) is 12.5 Å². The van der Waals surface area contributed by atoms with Crippen molar-refractivity contribution in [2.45, 2.75) is 12.3 Å². The molecule has 4 nitrogen and oxygen atoms in total. The van der Waals surface area contributed by atoms with Crippen molar-refractivity contribution in [2.24, 2.45) is 0 Å². The van der Waals surface area contributed by atoms with Gasteiger partial charge in [0.2, 0.25) is 0 Å². The van der Waals surface area contributed by atoms with Crippen molar-refractivity contribution in [3.05, 3.63) is 53.6 Å². The standard InChI is InChI=1S/C14H12N2O2/c17-9-10-7-15-14(16-8-10)12-5-6-18-13-4-2-1-3-11(12)13/h1-4,7-9,12H,5-6H2. The molecule has 0 saturated carbocycles. The summed E-state index contributed by atoms with van der Waals surface area (Å²) in [6.45, 7) is 0.667. The first-order chi connectivity index (χ1) is 8.88. The van der Waals surface area contributed by atoms with Crippen LogP contribution in [0.1, 0.15) is 34.1 Å². The van der Waals surface area contributed by atoms with Crippen LogP contribution in [0, 0.1) is 0 Å². The third-order valence-corrected chi connectivity index (χ3v) is 3.10. The number of ether oxygens (including phenoxy) is 1. The van der Waals surface area contributed by atoms with E-state index < -0.39 is 0 Å². The highest BCUT2D eigenvalue weighted by atomic mass is 16.5. The smallest absolute Gasteiger partial charge is 0.153 e. The molecule has 90 valence electrons. The van der Waals surface area contributed by atoms with Gasteiger partial charge in [0.05, 0.1) is 18.1 Å². The van der Waals surface area contributed by atoms with E-state index in [-0.39, 0.29) is 5.92 Å². The number of fused-ring (bicyclic) bond motifs is 1. The van der Waals surface area contributed by atoms with E-state index in [1.54, 1.807) is 12.4 Å². The lowest BCUT2D eigenvalue weighted by atomic mass is 9.92. The molecule has 0 fully saturated rings. The minimum absolute atomic E-state index is 0.149. The topological polar surface area (TPSA) is 52.1 Å². The predicted molar refractivity (Wildman–Crippen MR) is 65.8 cm³/mol. The van der Waals surface area contributed by atoms with Crippen LogP contribution in [0.5, 0.6) is 5.75 Å². The molecule has 0 radical (unpaired) electrons. The van der Waals surface area contributed by atoms with Crippen LogP contribution in [0.4, 0.5) is 0 Å². The van der Waals surface area contributed by atoms with Gasteiger partial charge >= 0.3 is 0 Å². The van der Waals surface area contributed by atoms with Gasteiger partial charge in [-0.15, -0.1) is 0 Å². The average molecular weight is 240 g/mol. The summed E-state index contributed by atoms with van der Waals surface area (Å²) in [6, 6.07) is 7.94. The van der Waals surface area contributed by atoms with E-state index in [0.29, 0.717) is 12.2 Å². The second kappa shape index (κ2) is 4.56. The van der Waals surface area contributed by atoms with Crippen LogP contribution in [0.15, 0.2) is 36.7 Å². The summed E-state index contributed by atoms with van der Waals surface area (Å²) in [5, 5.41) is 0. The van der Waals surface area contributed by atoms with Gasteiger partial charge in [-0.25, -0.2) is 9.97 Å². The molecule has 0 bridgehead atoms. The zero-order valence-electron chi connectivity index (χ0n) is 9.74. The quantitative estimate of drug-likeness (QED) is 0.755. The first kappa shape index (κ1) is 10.9. The molecule has 1 aliphatic heterocycles. The number of carbonyl (C=O) groups is 1. The van der Waals surface area contributed by atoms with Crippen molar-refractivity contribution in [1.82, 2.24) is 9.97 Å². The van der Waals surface area contributed by atoms with Crippen LogP contribution >= 0.6 is 0 Å². The van der Waals surface area contributed by atoms with Crippen LogP contribution in [-0.2, 0) is 0 Å². The molecule has 1 unspecified atom stereocenters. The molecule has 1 atom stereocenters. The van der Waals surface area contributed by atoms with E-state index in [1.165, 1.54) is 0 Å². The van der Waals surface area contributed by atoms with Gasteiger partial charge in [0.25, 0.3) is 0 Å². The van der Waals surface area contributed by atoms with Gasteiger partial charge in [0, 0.05) is 18.0 Å². The van der Waals surface area contributed by atoms with Crippen molar-refractivity contribution in [2.75, 3.05) is 6.61 Å². The van der Waals surface area contributed by atoms with E-state index in [9.17, 15) is 4.79 Å². The summed E-state index contributed by atoms with van der Waals surface area (Å²) < 4.78 is 5.61. The monoisotopic (exact) mass is 240 g/mol. The number of rotatable bonds is 2. The van der Waals surface area contributed by atoms with Gasteiger partial charge in [-0.2, -0.15) is 0 Å². The molecule has 0 saturated heterocycles. The minimum Gasteiger partial charge on any atom is -0.493 e. The SMILES string of the molecule is O=Cc1cnc(C2CCOc3ccccc32)nc1. The molecule has 0 spiro atoms. The minimum atomic E-state index is 0.149. The second-order valence-corrected chi connectivity index (χ2v) is 4.22. The Labute approximate surface area is 105 Å². The molecule has 1 aliphatic rings. The van der Waals surface area contributed by atoms with Crippen LogP contribution in [0.2, 0.25) is 0 Å². The van der Waals surface area contributed by atoms with Gasteiger partial charge in [0.15, 0.2) is 6.29 Å². The molecular formula is C14H12N2O2. The Balaban J connectivity index is 1.99. The number of benzene rings is 1. The molecular weight excluding hydrogens is 228 g/mol. The summed E-state index contributed by atoms with van der Waals surface area (Å²) in [5.41, 5.74) is 1.61. The van der Waals surface area contributed by atoms with Crippen molar-refractivity contribution in [3.63, 3.8) is 0 Å². The molecule has 2 heterocycles. The lowest BCUT2D eigenvalue weighted by molar-refractivity contribution is 0.112. The van der Waals surface area contributed by atoms with E-state index in [1.807, 2.05) is 24.3 Å². The number of aromatic nitrogens is 2. The van der Waals surface area contributed by atoms with E-state index in [4.69, 9.17) is 4.74 Å². The number of para-hydroxylation sites is 1. The molecule has 0 aliphatic carbocycles. The van der Waals surface area contributed by atoms with Crippen molar-refractivity contribution in [3.8, 4) is 5.75 Å². The van der Waals surface area contributed by atoms with Gasteiger partial charge in [-0.3, -0.25) is 4.79 Å². The van der Waals surface area contributed by atoms with Gasteiger partial charge in [0.1, 0.15) is 11.6 Å². The van der Waals surface area contributed by atoms with E-state index in [0.717, 1.165) is 29.8 Å². The Morgan fingerprint density at radius 3 is 2.78 bits per heavy atom. The number of carbonyl (C=O) groups excluding carboxylic acids is 1. The summed E-state index contributed by atoms with van der Waals surface area (Å²) >= 11 is 0. The Hall–Kier alpha value is -2.23. The summed E-state index contributed by atoms with van der Waals surface area (Å²) in [7, 11) is 0. The second-order valence-electron chi connectivity index (χ2n) is 4.22. The first-order valence-electron chi connectivity index (χ1n) is 5.87. The molecule has 4 heteroatoms. The molecule has 0 N–H and O–H groups in total. The lowest BCUT2D eigenvalue weighted by Crippen LogP contribution is -2.17. The zero-order valence-corrected chi connectivity index (χ0v) is 9.74. The number of aldehydes is 1. The average Bonchev–Trinajstić information content (AvgIpc) is 2.47. The highest BCUT2D eigenvalue weighted by Gasteiger charge is 2.24. The van der Waals surface area contributed by atoms with Gasteiger partial charge in [-0.1, -0.05) is 18.2 Å². The van der Waals surface area contributed by atoms with Crippen LogP contribution in [0.3, 0.4) is 0 Å². The fraction of sp³-hybridized carbons (Fsp3) is 0.214. The molecule has 0 amide bonds.